The van der Waals surface area contributed by atoms with Crippen LogP contribution in [0.4, 0.5) is 10.1 Å². The number of rotatable bonds is 8. The van der Waals surface area contributed by atoms with Crippen LogP contribution in [0.15, 0.2) is 30.5 Å². The normalized spacial score (nSPS) is 20.1. The molecule has 0 unspecified atom stereocenters. The van der Waals surface area contributed by atoms with E-state index in [1.54, 1.807) is 12.1 Å². The average Bonchev–Trinajstić information content (AvgIpc) is 3.48. The molecule has 0 bridgehead atoms. The maximum atomic E-state index is 14.8. The summed E-state index contributed by atoms with van der Waals surface area (Å²) in [6.45, 7) is 0.814. The molecule has 3 heterocycles. The molecule has 1 aromatic heterocycles. The highest BCUT2D eigenvalue weighted by atomic mass is 32.2. The molecule has 0 N–H and O–H groups in total. The lowest BCUT2D eigenvalue weighted by Gasteiger charge is -2.18. The zero-order valence-electron chi connectivity index (χ0n) is 18.6. The molecule has 3 aliphatic rings. The first-order valence-electron chi connectivity index (χ1n) is 11.0. The number of benzene rings is 1. The van der Waals surface area contributed by atoms with E-state index in [0.717, 1.165) is 11.2 Å². The van der Waals surface area contributed by atoms with Crippen LogP contribution in [0.25, 0.3) is 0 Å². The molecule has 1 aromatic carbocycles. The molecular formula is C23H24FN3O6S. The zero-order chi connectivity index (χ0) is 24.0. The average molecular weight is 490 g/mol. The van der Waals surface area contributed by atoms with Crippen LogP contribution in [0.5, 0.6) is 11.6 Å². The van der Waals surface area contributed by atoms with Gasteiger partial charge in [-0.1, -0.05) is 0 Å². The number of anilines is 1. The van der Waals surface area contributed by atoms with Crippen molar-refractivity contribution in [1.82, 2.24) is 9.88 Å². The summed E-state index contributed by atoms with van der Waals surface area (Å²) in [7, 11) is -3.46. The van der Waals surface area contributed by atoms with Crippen molar-refractivity contribution in [2.24, 2.45) is 5.92 Å². The molecule has 2 aromatic rings. The molecule has 2 amide bonds. The number of carbonyl (C=O) groups excluding carboxylic acids is 2. The molecule has 2 aliphatic heterocycles. The standard InChI is InChI=1S/C23H24FN3O6S/c1-34(30,31)13-26-11-18-17(22(26)28)8-15(9-19(18)24)27-7-6-20(23(27)29)33-16-4-5-21(25-10-16)32-12-14-2-3-14/h4-5,8-10,14,20H,2-3,6-7,11-13H2,1H3/t20-/m1/s1. The largest absolute Gasteiger partial charge is 0.479 e. The van der Waals surface area contributed by atoms with Gasteiger partial charge in [0, 0.05) is 42.1 Å². The van der Waals surface area contributed by atoms with Gasteiger partial charge in [0.2, 0.25) is 5.88 Å². The molecule has 1 saturated carbocycles. The molecular weight excluding hydrogens is 465 g/mol. The summed E-state index contributed by atoms with van der Waals surface area (Å²) >= 11 is 0. The fourth-order valence-electron chi connectivity index (χ4n) is 4.14. The van der Waals surface area contributed by atoms with Gasteiger partial charge < -0.3 is 19.3 Å². The highest BCUT2D eigenvalue weighted by molar-refractivity contribution is 7.90. The second-order valence-corrected chi connectivity index (χ2v) is 11.1. The highest BCUT2D eigenvalue weighted by Crippen LogP contribution is 2.33. The van der Waals surface area contributed by atoms with Gasteiger partial charge in [0.15, 0.2) is 15.9 Å². The van der Waals surface area contributed by atoms with E-state index in [1.807, 2.05) is 0 Å². The summed E-state index contributed by atoms with van der Waals surface area (Å²) in [5, 5.41) is 0. The molecule has 180 valence electrons. The third-order valence-corrected chi connectivity index (χ3v) is 6.84. The van der Waals surface area contributed by atoms with Crippen LogP contribution in [0.3, 0.4) is 0 Å². The van der Waals surface area contributed by atoms with Gasteiger partial charge in [0.1, 0.15) is 17.4 Å². The molecule has 0 spiro atoms. The smallest absolute Gasteiger partial charge is 0.268 e. The van der Waals surface area contributed by atoms with Gasteiger partial charge >= 0.3 is 0 Å². The Balaban J connectivity index is 1.26. The van der Waals surface area contributed by atoms with E-state index in [2.05, 4.69) is 4.98 Å². The summed E-state index contributed by atoms with van der Waals surface area (Å²) in [6.07, 6.45) is 4.49. The van der Waals surface area contributed by atoms with Crippen LogP contribution in [0, 0.1) is 11.7 Å². The molecule has 1 atom stereocenters. The second-order valence-electron chi connectivity index (χ2n) is 8.98. The minimum atomic E-state index is -3.46. The molecule has 1 aliphatic carbocycles. The number of carbonyl (C=O) groups is 2. The Bertz CT molecular complexity index is 1250. The summed E-state index contributed by atoms with van der Waals surface area (Å²) in [4.78, 5) is 32.3. The number of aromatic nitrogens is 1. The Labute approximate surface area is 196 Å². The molecule has 0 radical (unpaired) electrons. The van der Waals surface area contributed by atoms with Crippen LogP contribution in [0.2, 0.25) is 0 Å². The van der Waals surface area contributed by atoms with Gasteiger partial charge in [-0.3, -0.25) is 9.59 Å². The van der Waals surface area contributed by atoms with E-state index in [1.165, 1.54) is 36.1 Å². The number of fused-ring (bicyclic) bond motifs is 1. The van der Waals surface area contributed by atoms with Crippen molar-refractivity contribution in [3.05, 3.63) is 47.4 Å². The van der Waals surface area contributed by atoms with Crippen LogP contribution in [-0.4, -0.2) is 61.5 Å². The van der Waals surface area contributed by atoms with E-state index in [0.29, 0.717) is 37.1 Å². The molecule has 9 nitrogen and oxygen atoms in total. The number of pyridine rings is 1. The second kappa shape index (κ2) is 8.53. The van der Waals surface area contributed by atoms with Crippen molar-refractivity contribution in [2.45, 2.75) is 31.9 Å². The van der Waals surface area contributed by atoms with E-state index in [9.17, 15) is 22.4 Å². The number of hydrogen-bond donors (Lipinski definition) is 0. The minimum Gasteiger partial charge on any atom is -0.479 e. The number of nitrogens with zero attached hydrogens (tertiary/aromatic N) is 3. The molecule has 5 rings (SSSR count). The maximum Gasteiger partial charge on any atom is 0.268 e. The summed E-state index contributed by atoms with van der Waals surface area (Å²) in [6, 6.07) is 6.02. The van der Waals surface area contributed by atoms with Crippen molar-refractivity contribution in [2.75, 3.05) is 30.2 Å². The first-order chi connectivity index (χ1) is 16.2. The fraction of sp³-hybridized carbons (Fsp3) is 0.435. The Morgan fingerprint density at radius 1 is 1.18 bits per heavy atom. The number of amides is 2. The Hall–Kier alpha value is -3.21. The lowest BCUT2D eigenvalue weighted by molar-refractivity contribution is -0.122. The van der Waals surface area contributed by atoms with E-state index in [-0.39, 0.29) is 29.3 Å². The molecule has 2 fully saturated rings. The van der Waals surface area contributed by atoms with Crippen molar-refractivity contribution < 1.29 is 31.9 Å². The first-order valence-corrected chi connectivity index (χ1v) is 13.1. The van der Waals surface area contributed by atoms with Crippen molar-refractivity contribution in [3.8, 4) is 11.6 Å². The van der Waals surface area contributed by atoms with Crippen LogP contribution in [-0.2, 0) is 21.2 Å². The quantitative estimate of drug-likeness (QED) is 0.559. The van der Waals surface area contributed by atoms with Crippen LogP contribution < -0.4 is 14.4 Å². The van der Waals surface area contributed by atoms with Gasteiger partial charge in [-0.15, -0.1) is 0 Å². The molecule has 34 heavy (non-hydrogen) atoms. The van der Waals surface area contributed by atoms with Crippen molar-refractivity contribution in [3.63, 3.8) is 0 Å². The van der Waals surface area contributed by atoms with Crippen molar-refractivity contribution in [1.29, 1.82) is 0 Å². The van der Waals surface area contributed by atoms with E-state index < -0.39 is 33.5 Å². The van der Waals surface area contributed by atoms with Gasteiger partial charge in [-0.05, 0) is 37.0 Å². The lowest BCUT2D eigenvalue weighted by Crippen LogP contribution is -2.32. The van der Waals surface area contributed by atoms with Gasteiger partial charge in [-0.25, -0.2) is 17.8 Å². The highest BCUT2D eigenvalue weighted by Gasteiger charge is 2.37. The third kappa shape index (κ3) is 4.70. The fourth-order valence-corrected chi connectivity index (χ4v) is 4.92. The van der Waals surface area contributed by atoms with Gasteiger partial charge in [0.25, 0.3) is 11.8 Å². The maximum absolute atomic E-state index is 14.8. The number of sulfone groups is 1. The zero-order valence-corrected chi connectivity index (χ0v) is 19.4. The lowest BCUT2D eigenvalue weighted by atomic mass is 10.1. The molecule has 11 heteroatoms. The Morgan fingerprint density at radius 3 is 2.65 bits per heavy atom. The summed E-state index contributed by atoms with van der Waals surface area (Å²) in [5.41, 5.74) is 0.442. The third-order valence-electron chi connectivity index (χ3n) is 6.06. The van der Waals surface area contributed by atoms with Gasteiger partial charge in [0.05, 0.1) is 19.3 Å². The monoisotopic (exact) mass is 489 g/mol. The predicted octanol–water partition coefficient (Wildman–Crippen LogP) is 2.15. The topological polar surface area (TPSA) is 106 Å². The summed E-state index contributed by atoms with van der Waals surface area (Å²) < 4.78 is 49.4. The van der Waals surface area contributed by atoms with Crippen LogP contribution >= 0.6 is 0 Å². The number of ether oxygens (including phenoxy) is 2. The first kappa shape index (κ1) is 22.6. The Morgan fingerprint density at radius 2 is 1.97 bits per heavy atom. The number of hydrogen-bond acceptors (Lipinski definition) is 7. The Kier molecular flexibility index (Phi) is 5.67. The molecule has 1 saturated heterocycles. The summed E-state index contributed by atoms with van der Waals surface area (Å²) in [5.74, 6) is -0.538. The van der Waals surface area contributed by atoms with E-state index in [4.69, 9.17) is 9.47 Å². The van der Waals surface area contributed by atoms with Gasteiger partial charge in [-0.2, -0.15) is 0 Å². The predicted molar refractivity (Wildman–Crippen MR) is 120 cm³/mol. The van der Waals surface area contributed by atoms with Crippen LogP contribution in [0.1, 0.15) is 35.2 Å². The SMILES string of the molecule is CS(=O)(=O)CN1Cc2c(F)cc(N3CC[C@@H](Oc4ccc(OCC5CC5)nc4)C3=O)cc2C1=O. The number of halogens is 1. The minimum absolute atomic E-state index is 0.0711. The van der Waals surface area contributed by atoms with Crippen molar-refractivity contribution >= 4 is 27.3 Å². The van der Waals surface area contributed by atoms with E-state index >= 15 is 0 Å².